The molecule has 0 spiro atoms. The van der Waals surface area contributed by atoms with Gasteiger partial charge >= 0.3 is 6.09 Å². The highest BCUT2D eigenvalue weighted by atomic mass is 16.6. The number of benzene rings is 1. The number of ether oxygens (including phenoxy) is 1. The molecule has 2 saturated heterocycles. The lowest BCUT2D eigenvalue weighted by molar-refractivity contribution is 0.0240. The normalized spacial score (nSPS) is 20.3. The van der Waals surface area contributed by atoms with Gasteiger partial charge in [0.25, 0.3) is 0 Å². The zero-order valence-corrected chi connectivity index (χ0v) is 19.7. The van der Waals surface area contributed by atoms with Crippen molar-refractivity contribution in [2.75, 3.05) is 37.6 Å². The lowest BCUT2D eigenvalue weighted by Gasteiger charge is -2.37. The van der Waals surface area contributed by atoms with Crippen LogP contribution in [0.3, 0.4) is 0 Å². The third kappa shape index (κ3) is 5.80. The third-order valence-electron chi connectivity index (χ3n) is 6.25. The van der Waals surface area contributed by atoms with E-state index in [1.165, 1.54) is 30.4 Å². The SMILES string of the molecule is CC(C)(C)OC(=O)N1CCN(c2ccc([C@H]3CCCCN3Cc3ccccc3)cn2)CC1. The topological polar surface area (TPSA) is 48.9 Å². The number of hydrogen-bond donors (Lipinski definition) is 0. The summed E-state index contributed by atoms with van der Waals surface area (Å²) in [6.45, 7) is 10.7. The Kier molecular flexibility index (Phi) is 6.99. The summed E-state index contributed by atoms with van der Waals surface area (Å²) in [5.41, 5.74) is 2.21. The molecule has 0 radical (unpaired) electrons. The molecule has 1 amide bonds. The molecular formula is C26H36N4O2. The van der Waals surface area contributed by atoms with Gasteiger partial charge in [-0.1, -0.05) is 42.8 Å². The Morgan fingerprint density at radius 3 is 2.41 bits per heavy atom. The number of likely N-dealkylation sites (tertiary alicyclic amines) is 1. The number of aromatic nitrogens is 1. The lowest BCUT2D eigenvalue weighted by Crippen LogP contribution is -2.50. The van der Waals surface area contributed by atoms with Crippen LogP contribution < -0.4 is 4.90 Å². The average molecular weight is 437 g/mol. The summed E-state index contributed by atoms with van der Waals surface area (Å²) in [6, 6.07) is 15.6. The maximum Gasteiger partial charge on any atom is 0.410 e. The molecule has 0 N–H and O–H groups in total. The molecule has 0 saturated carbocycles. The fraction of sp³-hybridized carbons (Fsp3) is 0.538. The maximum atomic E-state index is 12.3. The first-order valence-corrected chi connectivity index (χ1v) is 11.9. The standard InChI is InChI=1S/C26H36N4O2/c1-26(2,3)32-25(31)29-17-15-28(16-18-29)24-13-12-22(19-27-24)23-11-7-8-14-30(23)20-21-9-5-4-6-10-21/h4-6,9-10,12-13,19,23H,7-8,11,14-18,20H2,1-3H3/t23-/m1/s1. The van der Waals surface area contributed by atoms with Crippen molar-refractivity contribution in [2.24, 2.45) is 0 Å². The van der Waals surface area contributed by atoms with Crippen molar-refractivity contribution in [2.45, 2.75) is 58.2 Å². The number of carbonyl (C=O) groups excluding carboxylic acids is 1. The summed E-state index contributed by atoms with van der Waals surface area (Å²) < 4.78 is 5.50. The summed E-state index contributed by atoms with van der Waals surface area (Å²) in [5, 5.41) is 0. The van der Waals surface area contributed by atoms with E-state index in [-0.39, 0.29) is 6.09 Å². The number of pyridine rings is 1. The molecule has 0 unspecified atom stereocenters. The van der Waals surface area contributed by atoms with E-state index in [1.54, 1.807) is 4.90 Å². The van der Waals surface area contributed by atoms with Gasteiger partial charge in [-0.2, -0.15) is 0 Å². The monoisotopic (exact) mass is 436 g/mol. The number of amides is 1. The summed E-state index contributed by atoms with van der Waals surface area (Å²) in [6.07, 6.45) is 5.55. The Labute approximate surface area is 192 Å². The second kappa shape index (κ2) is 9.90. The average Bonchev–Trinajstić information content (AvgIpc) is 2.79. The molecule has 32 heavy (non-hydrogen) atoms. The van der Waals surface area contributed by atoms with E-state index in [0.717, 1.165) is 32.0 Å². The molecule has 0 aliphatic carbocycles. The molecule has 2 aromatic rings. The van der Waals surface area contributed by atoms with Crippen molar-refractivity contribution >= 4 is 11.9 Å². The van der Waals surface area contributed by atoms with Crippen LogP contribution in [0, 0.1) is 0 Å². The fourth-order valence-corrected chi connectivity index (χ4v) is 4.60. The van der Waals surface area contributed by atoms with Crippen LogP contribution in [0.25, 0.3) is 0 Å². The van der Waals surface area contributed by atoms with Gasteiger partial charge in [-0.3, -0.25) is 4.90 Å². The van der Waals surface area contributed by atoms with Crippen molar-refractivity contribution in [1.82, 2.24) is 14.8 Å². The summed E-state index contributed by atoms with van der Waals surface area (Å²) in [5.74, 6) is 0.989. The fourth-order valence-electron chi connectivity index (χ4n) is 4.60. The smallest absolute Gasteiger partial charge is 0.410 e. The molecule has 2 aliphatic rings. The number of hydrogen-bond acceptors (Lipinski definition) is 5. The van der Waals surface area contributed by atoms with E-state index in [1.807, 2.05) is 20.8 Å². The van der Waals surface area contributed by atoms with E-state index < -0.39 is 5.60 Å². The molecular weight excluding hydrogens is 400 g/mol. The number of rotatable bonds is 4. The van der Waals surface area contributed by atoms with Crippen LogP contribution in [0.5, 0.6) is 0 Å². The van der Waals surface area contributed by atoms with Crippen LogP contribution in [-0.4, -0.2) is 59.2 Å². The number of nitrogens with zero attached hydrogens (tertiary/aromatic N) is 4. The molecule has 0 bridgehead atoms. The van der Waals surface area contributed by atoms with Crippen LogP contribution in [0.1, 0.15) is 57.2 Å². The van der Waals surface area contributed by atoms with Gasteiger partial charge in [-0.05, 0) is 57.4 Å². The van der Waals surface area contributed by atoms with Gasteiger partial charge in [0.15, 0.2) is 0 Å². The van der Waals surface area contributed by atoms with Crippen LogP contribution in [0.4, 0.5) is 10.6 Å². The number of piperidine rings is 1. The minimum Gasteiger partial charge on any atom is -0.444 e. The molecule has 2 fully saturated rings. The van der Waals surface area contributed by atoms with Gasteiger partial charge < -0.3 is 14.5 Å². The Hall–Kier alpha value is -2.60. The molecule has 1 aromatic heterocycles. The van der Waals surface area contributed by atoms with Crippen LogP contribution >= 0.6 is 0 Å². The van der Waals surface area contributed by atoms with E-state index in [2.05, 4.69) is 58.5 Å². The number of anilines is 1. The van der Waals surface area contributed by atoms with Crippen molar-refractivity contribution in [3.63, 3.8) is 0 Å². The first kappa shape index (κ1) is 22.6. The molecule has 172 valence electrons. The predicted octanol–water partition coefficient (Wildman–Crippen LogP) is 4.87. The Balaban J connectivity index is 1.36. The van der Waals surface area contributed by atoms with Gasteiger partial charge in [0.05, 0.1) is 0 Å². The van der Waals surface area contributed by atoms with Crippen molar-refractivity contribution in [3.05, 3.63) is 59.8 Å². The zero-order chi connectivity index (χ0) is 22.6. The first-order chi connectivity index (χ1) is 15.4. The second-order valence-electron chi connectivity index (χ2n) is 9.87. The van der Waals surface area contributed by atoms with Gasteiger partial charge in [0, 0.05) is 45.0 Å². The molecule has 1 atom stereocenters. The Morgan fingerprint density at radius 2 is 1.75 bits per heavy atom. The predicted molar refractivity (Wildman–Crippen MR) is 128 cm³/mol. The quantitative estimate of drug-likeness (QED) is 0.685. The highest BCUT2D eigenvalue weighted by molar-refractivity contribution is 5.68. The Morgan fingerprint density at radius 1 is 1.00 bits per heavy atom. The molecule has 2 aliphatic heterocycles. The van der Waals surface area contributed by atoms with E-state index in [0.29, 0.717) is 19.1 Å². The van der Waals surface area contributed by atoms with Gasteiger partial charge in [-0.15, -0.1) is 0 Å². The third-order valence-corrected chi connectivity index (χ3v) is 6.25. The molecule has 6 nitrogen and oxygen atoms in total. The van der Waals surface area contributed by atoms with Crippen molar-refractivity contribution in [3.8, 4) is 0 Å². The van der Waals surface area contributed by atoms with Gasteiger partial charge in [0.1, 0.15) is 11.4 Å². The molecule has 1 aromatic carbocycles. The lowest BCUT2D eigenvalue weighted by atomic mass is 9.95. The highest BCUT2D eigenvalue weighted by Crippen LogP contribution is 2.32. The van der Waals surface area contributed by atoms with E-state index >= 15 is 0 Å². The van der Waals surface area contributed by atoms with Crippen LogP contribution in [0.15, 0.2) is 48.7 Å². The van der Waals surface area contributed by atoms with Gasteiger partial charge in [0.2, 0.25) is 0 Å². The largest absolute Gasteiger partial charge is 0.444 e. The van der Waals surface area contributed by atoms with E-state index in [9.17, 15) is 4.79 Å². The van der Waals surface area contributed by atoms with Gasteiger partial charge in [-0.25, -0.2) is 9.78 Å². The number of carbonyl (C=O) groups is 1. The highest BCUT2D eigenvalue weighted by Gasteiger charge is 2.27. The molecule has 6 heteroatoms. The maximum absolute atomic E-state index is 12.3. The van der Waals surface area contributed by atoms with Crippen LogP contribution in [0.2, 0.25) is 0 Å². The second-order valence-corrected chi connectivity index (χ2v) is 9.87. The minimum atomic E-state index is -0.459. The summed E-state index contributed by atoms with van der Waals surface area (Å²) >= 11 is 0. The summed E-state index contributed by atoms with van der Waals surface area (Å²) in [7, 11) is 0. The summed E-state index contributed by atoms with van der Waals surface area (Å²) in [4.78, 5) is 23.8. The zero-order valence-electron chi connectivity index (χ0n) is 19.7. The first-order valence-electron chi connectivity index (χ1n) is 11.9. The minimum absolute atomic E-state index is 0.226. The van der Waals surface area contributed by atoms with Crippen molar-refractivity contribution in [1.29, 1.82) is 0 Å². The van der Waals surface area contributed by atoms with Crippen LogP contribution in [-0.2, 0) is 11.3 Å². The molecule has 4 rings (SSSR count). The number of piperazine rings is 1. The Bertz CT molecular complexity index is 871. The van der Waals surface area contributed by atoms with E-state index in [4.69, 9.17) is 9.72 Å². The molecule has 3 heterocycles. The van der Waals surface area contributed by atoms with Crippen molar-refractivity contribution < 1.29 is 9.53 Å².